The second-order valence-corrected chi connectivity index (χ2v) is 12.9. The van der Waals surface area contributed by atoms with Crippen molar-refractivity contribution in [3.63, 3.8) is 0 Å². The smallest absolute Gasteiger partial charge is 0.404 e. The van der Waals surface area contributed by atoms with E-state index in [1.54, 1.807) is 0 Å². The molecule has 0 saturated carbocycles. The van der Waals surface area contributed by atoms with Crippen LogP contribution in [0.4, 0.5) is 4.79 Å². The molecule has 46 heavy (non-hydrogen) atoms. The second kappa shape index (κ2) is 15.9. The summed E-state index contributed by atoms with van der Waals surface area (Å²) in [6.07, 6.45) is 4.48. The molecule has 0 bridgehead atoms. The third kappa shape index (κ3) is 8.28. The Labute approximate surface area is 277 Å². The Kier molecular flexibility index (Phi) is 11.7. The van der Waals surface area contributed by atoms with Gasteiger partial charge in [-0.1, -0.05) is 67.1 Å². The summed E-state index contributed by atoms with van der Waals surface area (Å²) in [5.74, 6) is -0.330. The van der Waals surface area contributed by atoms with Crippen LogP contribution in [-0.4, -0.2) is 66.0 Å². The van der Waals surface area contributed by atoms with Crippen molar-refractivity contribution in [2.24, 2.45) is 5.92 Å². The maximum Gasteiger partial charge on any atom is 0.404 e. The summed E-state index contributed by atoms with van der Waals surface area (Å²) in [5, 5.41) is 28.3. The van der Waals surface area contributed by atoms with Crippen molar-refractivity contribution in [2.45, 2.75) is 70.1 Å². The van der Waals surface area contributed by atoms with Gasteiger partial charge < -0.3 is 30.5 Å². The van der Waals surface area contributed by atoms with Gasteiger partial charge in [0.2, 0.25) is 0 Å². The molecule has 3 aromatic carbocycles. The van der Waals surface area contributed by atoms with Crippen LogP contribution in [0.15, 0.2) is 66.7 Å². The number of amides is 2. The van der Waals surface area contributed by atoms with Gasteiger partial charge >= 0.3 is 6.09 Å². The molecule has 4 N–H and O–H groups in total. The van der Waals surface area contributed by atoms with Gasteiger partial charge in [0.1, 0.15) is 0 Å². The fraction of sp³-hybridized carbons (Fsp3) is 0.459. The zero-order chi connectivity index (χ0) is 32.5. The summed E-state index contributed by atoms with van der Waals surface area (Å²) in [5.41, 5.74) is 3.96. The maximum atomic E-state index is 13.8. The highest BCUT2D eigenvalue weighted by Gasteiger charge is 2.43. The van der Waals surface area contributed by atoms with Crippen molar-refractivity contribution in [1.29, 1.82) is 0 Å². The van der Waals surface area contributed by atoms with Crippen LogP contribution in [0.2, 0.25) is 5.02 Å². The monoisotopic (exact) mass is 647 g/mol. The van der Waals surface area contributed by atoms with Gasteiger partial charge in [-0.2, -0.15) is 0 Å². The predicted octanol–water partition coefficient (Wildman–Crippen LogP) is 6.63. The molecule has 0 radical (unpaired) electrons. The molecule has 2 saturated heterocycles. The Morgan fingerprint density at radius 2 is 1.85 bits per heavy atom. The minimum absolute atomic E-state index is 0.0552. The number of benzene rings is 3. The van der Waals surface area contributed by atoms with Crippen LogP contribution in [0, 0.1) is 5.92 Å². The minimum Gasteiger partial charge on any atom is -0.465 e. The molecule has 2 fully saturated rings. The number of hydrogen-bond donors (Lipinski definition) is 4. The van der Waals surface area contributed by atoms with Crippen molar-refractivity contribution in [1.82, 2.24) is 15.5 Å². The van der Waals surface area contributed by atoms with Gasteiger partial charge in [-0.25, -0.2) is 4.79 Å². The molecule has 2 amide bonds. The number of piperidine rings is 1. The van der Waals surface area contributed by atoms with E-state index in [0.29, 0.717) is 48.6 Å². The lowest BCUT2D eigenvalue weighted by molar-refractivity contribution is -0.0563. The van der Waals surface area contributed by atoms with Crippen molar-refractivity contribution >= 4 is 23.6 Å². The highest BCUT2D eigenvalue weighted by Crippen LogP contribution is 2.45. The van der Waals surface area contributed by atoms with Crippen LogP contribution >= 0.6 is 11.6 Å². The van der Waals surface area contributed by atoms with Crippen molar-refractivity contribution in [3.8, 4) is 11.1 Å². The molecule has 9 heteroatoms. The molecule has 3 aromatic rings. The first kappa shape index (κ1) is 33.9. The highest BCUT2D eigenvalue weighted by molar-refractivity contribution is 6.33. The largest absolute Gasteiger partial charge is 0.465 e. The number of halogens is 1. The first-order valence-electron chi connectivity index (χ1n) is 16.6. The zero-order valence-electron chi connectivity index (χ0n) is 26.6. The van der Waals surface area contributed by atoms with Crippen molar-refractivity contribution in [3.05, 3.63) is 94.0 Å². The lowest BCUT2D eigenvalue weighted by atomic mass is 9.72. The number of aryl methyl sites for hydroxylation is 1. The number of carbonyl (C=O) groups excluding carboxylic acids is 1. The number of nitrogens with one attached hydrogen (secondary N) is 2. The highest BCUT2D eigenvalue weighted by atomic mass is 35.5. The van der Waals surface area contributed by atoms with E-state index in [1.807, 2.05) is 59.5 Å². The zero-order valence-corrected chi connectivity index (χ0v) is 27.4. The first-order valence-corrected chi connectivity index (χ1v) is 16.9. The number of aliphatic hydroxyl groups is 1. The predicted molar refractivity (Wildman–Crippen MR) is 181 cm³/mol. The van der Waals surface area contributed by atoms with Gasteiger partial charge in [0.05, 0.1) is 11.7 Å². The normalized spacial score (nSPS) is 19.5. The molecule has 5 rings (SSSR count). The van der Waals surface area contributed by atoms with E-state index >= 15 is 0 Å². The number of rotatable bonds is 13. The van der Waals surface area contributed by atoms with E-state index in [4.69, 9.17) is 21.4 Å². The summed E-state index contributed by atoms with van der Waals surface area (Å²) in [6, 6.07) is 21.6. The fourth-order valence-corrected chi connectivity index (χ4v) is 7.20. The minimum atomic E-state index is -1.35. The number of carbonyl (C=O) groups is 2. The lowest BCUT2D eigenvalue weighted by Crippen LogP contribution is -2.48. The number of nitrogens with zero attached hydrogens (tertiary/aromatic N) is 1. The van der Waals surface area contributed by atoms with Crippen LogP contribution in [0.1, 0.15) is 72.5 Å². The molecule has 2 heterocycles. The van der Waals surface area contributed by atoms with Crippen LogP contribution in [0.25, 0.3) is 11.1 Å². The Hall–Kier alpha value is -3.43. The molecule has 8 nitrogen and oxygen atoms in total. The van der Waals surface area contributed by atoms with Crippen LogP contribution in [0.5, 0.6) is 0 Å². The number of hydrogen-bond acceptors (Lipinski definition) is 5. The molecule has 246 valence electrons. The van der Waals surface area contributed by atoms with Gasteiger partial charge in [0, 0.05) is 61.4 Å². The summed E-state index contributed by atoms with van der Waals surface area (Å²) < 4.78 is 5.69. The first-order chi connectivity index (χ1) is 22.3. The molecule has 3 atom stereocenters. The van der Waals surface area contributed by atoms with E-state index in [9.17, 15) is 14.7 Å². The number of carboxylic acid groups (broad SMARTS) is 1. The summed E-state index contributed by atoms with van der Waals surface area (Å²) in [7, 11) is 0. The third-order valence-electron chi connectivity index (χ3n) is 9.42. The Balaban J connectivity index is 1.36. The average Bonchev–Trinajstić information content (AvgIpc) is 3.60. The average molecular weight is 648 g/mol. The molecule has 0 spiro atoms. The quantitative estimate of drug-likeness (QED) is 0.155. The molecule has 1 unspecified atom stereocenters. The molecular formula is C37H46ClN3O5. The van der Waals surface area contributed by atoms with E-state index < -0.39 is 11.7 Å². The lowest BCUT2D eigenvalue weighted by Gasteiger charge is -2.44. The Bertz CT molecular complexity index is 1480. The van der Waals surface area contributed by atoms with Crippen LogP contribution < -0.4 is 10.6 Å². The van der Waals surface area contributed by atoms with E-state index in [0.717, 1.165) is 67.5 Å². The van der Waals surface area contributed by atoms with Gasteiger partial charge in [0.25, 0.3) is 5.91 Å². The molecule has 2 aliphatic heterocycles. The molecular weight excluding hydrogens is 602 g/mol. The van der Waals surface area contributed by atoms with Gasteiger partial charge in [-0.05, 0) is 85.4 Å². The standard InChI is InChI=1S/C37H46ClN3O5/c1-2-26-8-3-9-29(22-26)34-32(12-4-13-33(34)38)37(45,18-7-19-40-36(43)44)30-10-5-20-41(25-30)35(42)28-16-14-27(15-17-28)23-39-24-31-11-6-21-46-31/h3-4,8-9,12-17,22,30-31,39-40,45H,2,5-7,10-11,18-21,23-25H2,1H3,(H,43,44)/t30-,31?,37+/m1/s1. The van der Waals surface area contributed by atoms with E-state index in [-0.39, 0.29) is 24.5 Å². The molecule has 0 aromatic heterocycles. The van der Waals surface area contributed by atoms with Crippen molar-refractivity contribution in [2.75, 3.05) is 32.8 Å². The SMILES string of the molecule is CCc1cccc(-c2c(Cl)cccc2[C@](O)(CCCNC(=O)O)[C@@H]2CCCN(C(=O)c3ccc(CNCC4CCCO4)cc3)C2)c1. The maximum absolute atomic E-state index is 13.8. The fourth-order valence-electron chi connectivity index (χ4n) is 6.92. The second-order valence-electron chi connectivity index (χ2n) is 12.5. The number of ether oxygens (including phenoxy) is 1. The Morgan fingerprint density at radius 3 is 2.59 bits per heavy atom. The molecule has 2 aliphatic rings. The summed E-state index contributed by atoms with van der Waals surface area (Å²) in [6.45, 7) is 5.68. The van der Waals surface area contributed by atoms with E-state index in [2.05, 4.69) is 29.7 Å². The molecule has 0 aliphatic carbocycles. The van der Waals surface area contributed by atoms with Gasteiger partial charge in [0.15, 0.2) is 0 Å². The van der Waals surface area contributed by atoms with Crippen LogP contribution in [0.3, 0.4) is 0 Å². The van der Waals surface area contributed by atoms with E-state index in [1.165, 1.54) is 0 Å². The van der Waals surface area contributed by atoms with Crippen molar-refractivity contribution < 1.29 is 24.5 Å². The Morgan fingerprint density at radius 1 is 1.04 bits per heavy atom. The third-order valence-corrected chi connectivity index (χ3v) is 9.74. The topological polar surface area (TPSA) is 111 Å². The van der Waals surface area contributed by atoms with Gasteiger partial charge in [-0.3, -0.25) is 4.79 Å². The summed E-state index contributed by atoms with van der Waals surface area (Å²) in [4.78, 5) is 26.8. The number of likely N-dealkylation sites (tertiary alicyclic amines) is 1. The van der Waals surface area contributed by atoms with Crippen LogP contribution in [-0.2, 0) is 23.3 Å². The summed E-state index contributed by atoms with van der Waals surface area (Å²) >= 11 is 6.87. The van der Waals surface area contributed by atoms with Gasteiger partial charge in [-0.15, -0.1) is 0 Å².